The Morgan fingerprint density at radius 2 is 1.92 bits per heavy atom. The largest absolute Gasteiger partial charge is 0.461 e. The number of carbonyl (C=O) groups excluding carboxylic acids is 1. The molecule has 0 spiro atoms. The first-order chi connectivity index (χ1) is 18.7. The summed E-state index contributed by atoms with van der Waals surface area (Å²) < 4.78 is 60.0. The van der Waals surface area contributed by atoms with Crippen LogP contribution in [0, 0.1) is 5.82 Å². The number of halogens is 5. The van der Waals surface area contributed by atoms with Gasteiger partial charge in [-0.25, -0.2) is 9.37 Å². The molecule has 14 heteroatoms. The lowest BCUT2D eigenvalue weighted by Gasteiger charge is -2.10. The summed E-state index contributed by atoms with van der Waals surface area (Å²) in [6.45, 7) is 0. The van der Waals surface area contributed by atoms with E-state index in [1.165, 1.54) is 36.7 Å². The van der Waals surface area contributed by atoms with Crippen LogP contribution < -0.4 is 5.32 Å². The normalized spacial score (nSPS) is 11.6. The highest BCUT2D eigenvalue weighted by atomic mass is 35.5. The maximum atomic E-state index is 13.5. The lowest BCUT2D eigenvalue weighted by molar-refractivity contribution is -0.137. The second-order valence-corrected chi connectivity index (χ2v) is 10.5. The first-order valence-electron chi connectivity index (χ1n) is 11.2. The molecule has 0 radical (unpaired) electrons. The Labute approximate surface area is 231 Å². The second kappa shape index (κ2) is 11.2. The van der Waals surface area contributed by atoms with Crippen LogP contribution in [0.15, 0.2) is 76.6 Å². The van der Waals surface area contributed by atoms with E-state index in [4.69, 9.17) is 16.0 Å². The van der Waals surface area contributed by atoms with Crippen molar-refractivity contribution in [2.24, 2.45) is 0 Å². The van der Waals surface area contributed by atoms with E-state index in [0.29, 0.717) is 38.0 Å². The number of alkyl halides is 3. The lowest BCUT2D eigenvalue weighted by Crippen LogP contribution is -2.14. The van der Waals surface area contributed by atoms with Crippen LogP contribution in [-0.2, 0) is 17.4 Å². The van der Waals surface area contributed by atoms with Crippen LogP contribution in [0.4, 0.5) is 22.7 Å². The van der Waals surface area contributed by atoms with Crippen LogP contribution in [-0.4, -0.2) is 31.4 Å². The van der Waals surface area contributed by atoms with E-state index >= 15 is 0 Å². The first kappa shape index (κ1) is 26.9. The smallest absolute Gasteiger partial charge is 0.417 e. The van der Waals surface area contributed by atoms with Crippen molar-refractivity contribution in [2.45, 2.75) is 17.8 Å². The molecule has 0 unspecified atom stereocenters. The molecular weight excluding hydrogens is 578 g/mol. The third kappa shape index (κ3) is 6.32. The highest BCUT2D eigenvalue weighted by molar-refractivity contribution is 7.99. The van der Waals surface area contributed by atoms with Crippen molar-refractivity contribution in [3.05, 3.63) is 93.9 Å². The minimum Gasteiger partial charge on any atom is -0.461 e. The van der Waals surface area contributed by atoms with Crippen molar-refractivity contribution < 1.29 is 26.8 Å². The molecule has 0 bridgehead atoms. The molecule has 3 heterocycles. The Kier molecular flexibility index (Phi) is 7.73. The molecule has 1 N–H and O–H groups in total. The van der Waals surface area contributed by atoms with Crippen LogP contribution in [0.25, 0.3) is 17.3 Å². The van der Waals surface area contributed by atoms with E-state index in [9.17, 15) is 22.4 Å². The fourth-order valence-corrected chi connectivity index (χ4v) is 5.42. The molecular formula is C25H16ClF4N5O2S2. The molecule has 3 aromatic heterocycles. The molecule has 0 saturated heterocycles. The van der Waals surface area contributed by atoms with Crippen molar-refractivity contribution in [3.8, 4) is 17.3 Å². The van der Waals surface area contributed by atoms with Gasteiger partial charge in [-0.15, -0.1) is 21.5 Å². The highest BCUT2D eigenvalue weighted by Gasteiger charge is 2.33. The van der Waals surface area contributed by atoms with E-state index in [2.05, 4.69) is 20.5 Å². The summed E-state index contributed by atoms with van der Waals surface area (Å²) in [4.78, 5) is 17.5. The average molecular weight is 594 g/mol. The number of carbonyl (C=O) groups is 1. The van der Waals surface area contributed by atoms with Crippen LogP contribution in [0.5, 0.6) is 0 Å². The number of furan rings is 1. The number of nitrogens with zero attached hydrogens (tertiary/aromatic N) is 4. The maximum Gasteiger partial charge on any atom is 0.417 e. The van der Waals surface area contributed by atoms with Crippen molar-refractivity contribution >= 4 is 45.7 Å². The van der Waals surface area contributed by atoms with Crippen LogP contribution in [0.3, 0.4) is 0 Å². The number of hydrogen-bond donors (Lipinski definition) is 1. The summed E-state index contributed by atoms with van der Waals surface area (Å²) >= 11 is 7.95. The van der Waals surface area contributed by atoms with Crippen LogP contribution >= 0.6 is 34.7 Å². The van der Waals surface area contributed by atoms with Gasteiger partial charge in [0.2, 0.25) is 11.7 Å². The predicted octanol–water partition coefficient (Wildman–Crippen LogP) is 7.12. The summed E-state index contributed by atoms with van der Waals surface area (Å²) in [5.74, 6) is 0.00874. The van der Waals surface area contributed by atoms with Crippen molar-refractivity contribution in [2.75, 3.05) is 11.1 Å². The quantitative estimate of drug-likeness (QED) is 0.152. The van der Waals surface area contributed by atoms with Gasteiger partial charge in [-0.05, 0) is 54.1 Å². The molecule has 0 fully saturated rings. The molecule has 7 nitrogen and oxygen atoms in total. The first-order valence-corrected chi connectivity index (χ1v) is 13.3. The van der Waals surface area contributed by atoms with Crippen molar-refractivity contribution in [1.29, 1.82) is 0 Å². The number of anilines is 1. The lowest BCUT2D eigenvalue weighted by atomic mass is 10.1. The summed E-state index contributed by atoms with van der Waals surface area (Å²) in [5.41, 5.74) is 0.0906. The molecule has 0 aliphatic heterocycles. The van der Waals surface area contributed by atoms with Crippen molar-refractivity contribution in [1.82, 2.24) is 19.7 Å². The van der Waals surface area contributed by atoms with Gasteiger partial charge < -0.3 is 9.73 Å². The molecule has 39 heavy (non-hydrogen) atoms. The van der Waals surface area contributed by atoms with E-state index in [0.717, 1.165) is 29.2 Å². The summed E-state index contributed by atoms with van der Waals surface area (Å²) in [7, 11) is 0. The Hall–Kier alpha value is -3.68. The van der Waals surface area contributed by atoms with Gasteiger partial charge in [0.05, 0.1) is 28.3 Å². The SMILES string of the molecule is O=C(CSc1nnc(-c2ccco2)n1-c1ccc(F)cc1)Nc1ncc(Cc2ccc(Cl)c(C(F)(F)F)c2)s1. The maximum absolute atomic E-state index is 13.5. The van der Waals surface area contributed by atoms with Gasteiger partial charge in [-0.2, -0.15) is 13.2 Å². The molecule has 0 saturated carbocycles. The molecule has 0 aliphatic carbocycles. The third-order valence-corrected chi connectivity index (χ3v) is 7.48. The van der Waals surface area contributed by atoms with E-state index in [1.54, 1.807) is 28.8 Å². The Balaban J connectivity index is 1.26. The summed E-state index contributed by atoms with van der Waals surface area (Å²) in [5, 5.41) is 11.3. The fourth-order valence-electron chi connectivity index (χ4n) is 3.59. The molecule has 0 aliphatic rings. The Morgan fingerprint density at radius 3 is 2.64 bits per heavy atom. The van der Waals surface area contributed by atoms with Gasteiger partial charge in [-0.1, -0.05) is 29.4 Å². The number of thioether (sulfide) groups is 1. The zero-order chi connectivity index (χ0) is 27.6. The summed E-state index contributed by atoms with van der Waals surface area (Å²) in [6, 6.07) is 12.9. The Bertz CT molecular complexity index is 1600. The van der Waals surface area contributed by atoms with Crippen molar-refractivity contribution in [3.63, 3.8) is 0 Å². The predicted molar refractivity (Wildman–Crippen MR) is 140 cm³/mol. The minimum absolute atomic E-state index is 0.0431. The van der Waals surface area contributed by atoms with E-state index < -0.39 is 17.6 Å². The van der Waals surface area contributed by atoms with E-state index in [-0.39, 0.29) is 23.1 Å². The topological polar surface area (TPSA) is 85.8 Å². The monoisotopic (exact) mass is 593 g/mol. The number of benzene rings is 2. The number of rotatable bonds is 8. The van der Waals surface area contributed by atoms with Crippen LogP contribution in [0.1, 0.15) is 16.0 Å². The fraction of sp³-hybridized carbons (Fsp3) is 0.120. The number of thiazole rings is 1. The van der Waals surface area contributed by atoms with Gasteiger partial charge in [0.1, 0.15) is 5.82 Å². The van der Waals surface area contributed by atoms with Gasteiger partial charge in [-0.3, -0.25) is 9.36 Å². The van der Waals surface area contributed by atoms with Gasteiger partial charge in [0, 0.05) is 17.5 Å². The number of aromatic nitrogens is 4. The number of nitrogens with one attached hydrogen (secondary N) is 1. The molecule has 5 aromatic rings. The summed E-state index contributed by atoms with van der Waals surface area (Å²) in [6.07, 6.45) is -1.38. The van der Waals surface area contributed by atoms with Gasteiger partial charge >= 0.3 is 6.18 Å². The second-order valence-electron chi connectivity index (χ2n) is 8.05. The molecule has 5 rings (SSSR count). The Morgan fingerprint density at radius 1 is 1.13 bits per heavy atom. The van der Waals surface area contributed by atoms with Gasteiger partial charge in [0.15, 0.2) is 16.0 Å². The minimum atomic E-state index is -4.56. The van der Waals surface area contributed by atoms with Crippen LogP contribution in [0.2, 0.25) is 5.02 Å². The van der Waals surface area contributed by atoms with E-state index in [1.807, 2.05) is 0 Å². The zero-order valence-corrected chi connectivity index (χ0v) is 22.0. The number of hydrogen-bond acceptors (Lipinski definition) is 7. The van der Waals surface area contributed by atoms with Gasteiger partial charge in [0.25, 0.3) is 0 Å². The highest BCUT2D eigenvalue weighted by Crippen LogP contribution is 2.36. The zero-order valence-electron chi connectivity index (χ0n) is 19.6. The molecule has 1 amide bonds. The average Bonchev–Trinajstić information content (AvgIpc) is 3.65. The molecule has 200 valence electrons. The third-order valence-electron chi connectivity index (χ3n) is 5.31. The molecule has 0 atom stereocenters. The number of amides is 1. The molecule has 2 aromatic carbocycles. The standard InChI is InChI=1S/C25H16ClF4N5O2S2/c26-19-8-3-14(11-18(19)25(28,29)30)10-17-12-31-23(39-17)32-21(36)13-38-24-34-33-22(20-2-1-9-37-20)35(24)16-6-4-15(27)5-7-16/h1-9,11-12H,10,13H2,(H,31,32,36).